The van der Waals surface area contributed by atoms with Crippen molar-refractivity contribution in [3.63, 3.8) is 0 Å². The average Bonchev–Trinajstić information content (AvgIpc) is 2.85. The van der Waals surface area contributed by atoms with Crippen LogP contribution in [0.4, 0.5) is 0 Å². The predicted molar refractivity (Wildman–Crippen MR) is 84.8 cm³/mol. The van der Waals surface area contributed by atoms with Gasteiger partial charge in [-0.3, -0.25) is 29.4 Å². The number of hydrogen-bond donors (Lipinski definition) is 2. The van der Waals surface area contributed by atoms with Crippen LogP contribution >= 0.6 is 0 Å². The van der Waals surface area contributed by atoms with E-state index in [1.165, 1.54) is 6.07 Å². The summed E-state index contributed by atoms with van der Waals surface area (Å²) in [5, 5.41) is 5.29. The summed E-state index contributed by atoms with van der Waals surface area (Å²) in [7, 11) is 0. The summed E-state index contributed by atoms with van der Waals surface area (Å²) >= 11 is 0. The maximum Gasteiger partial charge on any atom is 0.266 e. The van der Waals surface area contributed by atoms with Crippen LogP contribution in [-0.2, 0) is 9.59 Å². The van der Waals surface area contributed by atoms with E-state index in [0.29, 0.717) is 25.4 Å². The number of rotatable bonds is 1. The first-order valence-corrected chi connectivity index (χ1v) is 8.40. The second kappa shape index (κ2) is 5.04. The van der Waals surface area contributed by atoms with Crippen LogP contribution in [0.3, 0.4) is 0 Å². The van der Waals surface area contributed by atoms with Crippen molar-refractivity contribution in [3.8, 4) is 11.5 Å². The van der Waals surface area contributed by atoms with Crippen LogP contribution in [0.25, 0.3) is 0 Å². The maximum absolute atomic E-state index is 13.0. The lowest BCUT2D eigenvalue weighted by Gasteiger charge is -2.45. The molecule has 2 fully saturated rings. The minimum Gasteiger partial charge on any atom is -0.485 e. The predicted octanol–water partition coefficient (Wildman–Crippen LogP) is -0.799. The van der Waals surface area contributed by atoms with Crippen molar-refractivity contribution in [3.05, 3.63) is 23.3 Å². The first-order chi connectivity index (χ1) is 12.5. The number of carbonyl (C=O) groups excluding carboxylic acids is 4. The van der Waals surface area contributed by atoms with E-state index in [1.54, 1.807) is 6.07 Å². The molecule has 1 spiro atoms. The number of benzene rings is 1. The van der Waals surface area contributed by atoms with E-state index in [4.69, 9.17) is 9.47 Å². The van der Waals surface area contributed by atoms with Gasteiger partial charge in [0.05, 0.1) is 11.1 Å². The molecule has 134 valence electrons. The van der Waals surface area contributed by atoms with Gasteiger partial charge in [0.1, 0.15) is 12.6 Å². The zero-order valence-corrected chi connectivity index (χ0v) is 13.7. The topological polar surface area (TPSA) is 114 Å². The third kappa shape index (κ3) is 1.94. The molecule has 4 aliphatic heterocycles. The highest BCUT2D eigenvalue weighted by molar-refractivity contribution is 6.24. The van der Waals surface area contributed by atoms with E-state index in [0.717, 1.165) is 4.90 Å². The second-order valence-corrected chi connectivity index (χ2v) is 6.94. The van der Waals surface area contributed by atoms with Crippen molar-refractivity contribution in [2.75, 3.05) is 19.7 Å². The molecule has 1 unspecified atom stereocenters. The lowest BCUT2D eigenvalue weighted by Crippen LogP contribution is -2.67. The van der Waals surface area contributed by atoms with Gasteiger partial charge in [-0.05, 0) is 18.6 Å². The largest absolute Gasteiger partial charge is 0.485 e. The molecule has 1 aromatic rings. The Bertz CT molecular complexity index is 891. The number of fused-ring (bicyclic) bond motifs is 3. The average molecular weight is 357 g/mol. The Morgan fingerprint density at radius 2 is 1.92 bits per heavy atom. The van der Waals surface area contributed by atoms with Crippen molar-refractivity contribution in [1.82, 2.24) is 15.5 Å². The molecule has 4 aliphatic rings. The van der Waals surface area contributed by atoms with Gasteiger partial charge in [-0.15, -0.1) is 0 Å². The van der Waals surface area contributed by atoms with Gasteiger partial charge < -0.3 is 14.8 Å². The number of amides is 4. The summed E-state index contributed by atoms with van der Waals surface area (Å²) in [5.41, 5.74) is -0.220. The van der Waals surface area contributed by atoms with E-state index < -0.39 is 35.3 Å². The molecular weight excluding hydrogens is 342 g/mol. The van der Waals surface area contributed by atoms with Gasteiger partial charge in [0.2, 0.25) is 11.8 Å². The molecule has 0 aliphatic carbocycles. The van der Waals surface area contributed by atoms with Gasteiger partial charge in [-0.25, -0.2) is 0 Å². The monoisotopic (exact) mass is 357 g/mol. The molecule has 4 amide bonds. The zero-order valence-electron chi connectivity index (χ0n) is 13.7. The van der Waals surface area contributed by atoms with Crippen LogP contribution < -0.4 is 20.1 Å². The summed E-state index contributed by atoms with van der Waals surface area (Å²) in [6.45, 7) is 1.55. The third-order valence-corrected chi connectivity index (χ3v) is 5.23. The van der Waals surface area contributed by atoms with Gasteiger partial charge >= 0.3 is 0 Å². The summed E-state index contributed by atoms with van der Waals surface area (Å²) in [6.07, 6.45) is 0.194. The molecule has 9 nitrogen and oxygen atoms in total. The van der Waals surface area contributed by atoms with E-state index in [-0.39, 0.29) is 29.7 Å². The third-order valence-electron chi connectivity index (χ3n) is 5.23. The maximum atomic E-state index is 13.0. The molecule has 4 heterocycles. The smallest absolute Gasteiger partial charge is 0.266 e. The van der Waals surface area contributed by atoms with Crippen molar-refractivity contribution >= 4 is 23.6 Å². The number of hydrogen-bond acceptors (Lipinski definition) is 7. The van der Waals surface area contributed by atoms with Gasteiger partial charge in [0.15, 0.2) is 17.1 Å². The molecule has 1 aromatic carbocycles. The van der Waals surface area contributed by atoms with Crippen LogP contribution in [0.5, 0.6) is 11.5 Å². The van der Waals surface area contributed by atoms with Crippen molar-refractivity contribution in [2.24, 2.45) is 0 Å². The molecule has 1 atom stereocenters. The highest BCUT2D eigenvalue weighted by Crippen LogP contribution is 2.44. The van der Waals surface area contributed by atoms with E-state index in [1.807, 2.05) is 0 Å². The number of ether oxygens (including phenoxy) is 2. The molecular formula is C17H15N3O6. The summed E-state index contributed by atoms with van der Waals surface area (Å²) in [5.74, 6) is -1.53. The fraction of sp³-hybridized carbons (Fsp3) is 0.412. The van der Waals surface area contributed by atoms with Gasteiger partial charge in [-0.2, -0.15) is 0 Å². The Kier molecular flexibility index (Phi) is 2.97. The molecule has 2 saturated heterocycles. The van der Waals surface area contributed by atoms with Crippen LogP contribution in [0.2, 0.25) is 0 Å². The van der Waals surface area contributed by atoms with Crippen LogP contribution in [0.1, 0.15) is 33.6 Å². The molecule has 2 N–H and O–H groups in total. The number of nitrogens with one attached hydrogen (secondary N) is 2. The lowest BCUT2D eigenvalue weighted by atomic mass is 9.96. The van der Waals surface area contributed by atoms with Crippen LogP contribution in [0.15, 0.2) is 12.1 Å². The molecule has 0 saturated carbocycles. The normalized spacial score (nSPS) is 25.8. The molecule has 0 bridgehead atoms. The van der Waals surface area contributed by atoms with Gasteiger partial charge in [0, 0.05) is 19.5 Å². The molecule has 26 heavy (non-hydrogen) atoms. The highest BCUT2D eigenvalue weighted by Gasteiger charge is 2.50. The Labute approximate surface area is 147 Å². The van der Waals surface area contributed by atoms with Crippen molar-refractivity contribution in [1.29, 1.82) is 0 Å². The number of piperidine rings is 1. The first-order valence-electron chi connectivity index (χ1n) is 8.40. The van der Waals surface area contributed by atoms with Gasteiger partial charge in [0.25, 0.3) is 11.8 Å². The standard InChI is InChI=1S/C17H15N3O6/c21-11-4-2-9(14(22)19-11)20-15(23)8-1-3-10-13(12(8)16(20)24)26-17(7-25-10)5-18-6-17/h1,3,9,18H,2,4-7H2,(H,19,21,22). The Hall–Kier alpha value is -2.94. The van der Waals surface area contributed by atoms with Crippen LogP contribution in [0, 0.1) is 0 Å². The van der Waals surface area contributed by atoms with Crippen LogP contribution in [-0.4, -0.2) is 59.9 Å². The summed E-state index contributed by atoms with van der Waals surface area (Å²) in [4.78, 5) is 50.2. The first kappa shape index (κ1) is 15.3. The fourth-order valence-corrected chi connectivity index (χ4v) is 3.76. The quantitative estimate of drug-likeness (QED) is 0.633. The summed E-state index contributed by atoms with van der Waals surface area (Å²) in [6, 6.07) is 2.12. The Morgan fingerprint density at radius 1 is 1.12 bits per heavy atom. The molecule has 0 radical (unpaired) electrons. The number of carbonyl (C=O) groups is 4. The molecule has 5 rings (SSSR count). The zero-order chi connectivity index (χ0) is 18.1. The minimum absolute atomic E-state index is 0.0797. The van der Waals surface area contributed by atoms with E-state index >= 15 is 0 Å². The van der Waals surface area contributed by atoms with Crippen molar-refractivity contribution < 1.29 is 28.7 Å². The minimum atomic E-state index is -1.00. The molecule has 9 heteroatoms. The van der Waals surface area contributed by atoms with Crippen molar-refractivity contribution in [2.45, 2.75) is 24.5 Å². The second-order valence-electron chi connectivity index (χ2n) is 6.94. The Morgan fingerprint density at radius 3 is 2.62 bits per heavy atom. The molecule has 0 aromatic heterocycles. The SMILES string of the molecule is O=C1CCC(N2C(=O)c3ccc4c(c3C2=O)OC2(CNC2)CO4)C(=O)N1. The lowest BCUT2D eigenvalue weighted by molar-refractivity contribution is -0.136. The Balaban J connectivity index is 1.54. The fourth-order valence-electron chi connectivity index (χ4n) is 3.76. The van der Waals surface area contributed by atoms with E-state index in [2.05, 4.69) is 10.6 Å². The van der Waals surface area contributed by atoms with Gasteiger partial charge in [-0.1, -0.05) is 0 Å². The summed E-state index contributed by atoms with van der Waals surface area (Å²) < 4.78 is 11.8. The van der Waals surface area contributed by atoms with E-state index in [9.17, 15) is 19.2 Å². The number of nitrogens with zero attached hydrogens (tertiary/aromatic N) is 1. The number of imide groups is 2. The highest BCUT2D eigenvalue weighted by atomic mass is 16.6.